The van der Waals surface area contributed by atoms with Gasteiger partial charge in [-0.1, -0.05) is 0 Å². The Morgan fingerprint density at radius 3 is 2.67 bits per heavy atom. The Morgan fingerprint density at radius 2 is 2.06 bits per heavy atom. The lowest BCUT2D eigenvalue weighted by atomic mass is 10.1. The van der Waals surface area contributed by atoms with Gasteiger partial charge in [-0.05, 0) is 47.5 Å². The van der Waals surface area contributed by atoms with Gasteiger partial charge in [0, 0.05) is 25.4 Å². The molecule has 2 heterocycles. The highest BCUT2D eigenvalue weighted by Crippen LogP contribution is 2.26. The lowest BCUT2D eigenvalue weighted by Gasteiger charge is -2.12. The van der Waals surface area contributed by atoms with Crippen molar-refractivity contribution in [2.45, 2.75) is 32.9 Å². The van der Waals surface area contributed by atoms with Crippen LogP contribution in [0.2, 0.25) is 0 Å². The molecule has 4 nitrogen and oxygen atoms in total. The number of rotatable bonds is 4. The van der Waals surface area contributed by atoms with E-state index >= 15 is 0 Å². The van der Waals surface area contributed by atoms with E-state index in [1.54, 1.807) is 12.4 Å². The van der Waals surface area contributed by atoms with Gasteiger partial charge in [0.05, 0.1) is 22.0 Å². The van der Waals surface area contributed by atoms with E-state index in [0.717, 1.165) is 28.0 Å². The molecule has 0 aliphatic heterocycles. The summed E-state index contributed by atoms with van der Waals surface area (Å²) in [5, 5.41) is 14.7. The van der Waals surface area contributed by atoms with Crippen molar-refractivity contribution < 1.29 is 5.11 Å². The summed E-state index contributed by atoms with van der Waals surface area (Å²) in [5.41, 5.74) is 2.85. The summed E-state index contributed by atoms with van der Waals surface area (Å²) < 4.78 is 2.90. The predicted molar refractivity (Wildman–Crippen MR) is 73.2 cm³/mol. The van der Waals surface area contributed by atoms with Crippen LogP contribution in [0.25, 0.3) is 0 Å². The molecule has 2 aromatic rings. The summed E-state index contributed by atoms with van der Waals surface area (Å²) in [5.74, 6) is 0. The number of aryl methyl sites for hydroxylation is 2. The summed E-state index contributed by atoms with van der Waals surface area (Å²) in [6.45, 7) is 4.80. The predicted octanol–water partition coefficient (Wildman–Crippen LogP) is 2.65. The lowest BCUT2D eigenvalue weighted by molar-refractivity contribution is 0.175. The number of aromatic nitrogens is 3. The molecule has 5 heteroatoms. The van der Waals surface area contributed by atoms with E-state index in [1.807, 2.05) is 30.7 Å². The summed E-state index contributed by atoms with van der Waals surface area (Å²) in [7, 11) is 0. The van der Waals surface area contributed by atoms with E-state index in [2.05, 4.69) is 26.0 Å². The molecule has 0 saturated heterocycles. The number of aliphatic hydroxyl groups is 1. The van der Waals surface area contributed by atoms with E-state index in [9.17, 15) is 5.11 Å². The van der Waals surface area contributed by atoms with E-state index < -0.39 is 6.10 Å². The molecule has 1 unspecified atom stereocenters. The Bertz CT molecular complexity index is 525. The molecular weight excluding hydrogens is 294 g/mol. The van der Waals surface area contributed by atoms with Gasteiger partial charge in [0.1, 0.15) is 0 Å². The quantitative estimate of drug-likeness (QED) is 0.944. The van der Waals surface area contributed by atoms with Crippen molar-refractivity contribution in [3.8, 4) is 0 Å². The molecule has 0 aromatic carbocycles. The lowest BCUT2D eigenvalue weighted by Crippen LogP contribution is -2.09. The topological polar surface area (TPSA) is 50.9 Å². The zero-order valence-electron chi connectivity index (χ0n) is 10.5. The van der Waals surface area contributed by atoms with E-state index in [-0.39, 0.29) is 0 Å². The van der Waals surface area contributed by atoms with Gasteiger partial charge in [0.2, 0.25) is 0 Å². The highest BCUT2D eigenvalue weighted by atomic mass is 79.9. The third-order valence-electron chi connectivity index (χ3n) is 2.93. The molecule has 0 aliphatic carbocycles. The summed E-state index contributed by atoms with van der Waals surface area (Å²) in [6, 6.07) is 3.66. The summed E-state index contributed by atoms with van der Waals surface area (Å²) in [4.78, 5) is 3.95. The van der Waals surface area contributed by atoms with Crippen LogP contribution in [0, 0.1) is 6.92 Å². The zero-order valence-corrected chi connectivity index (χ0v) is 12.1. The van der Waals surface area contributed by atoms with Crippen molar-refractivity contribution in [2.24, 2.45) is 0 Å². The van der Waals surface area contributed by atoms with Gasteiger partial charge < -0.3 is 5.11 Å². The minimum Gasteiger partial charge on any atom is -0.388 e. The first-order valence-corrected chi connectivity index (χ1v) is 6.72. The van der Waals surface area contributed by atoms with Crippen molar-refractivity contribution in [3.05, 3.63) is 46.0 Å². The molecular formula is C13H16BrN3O. The molecule has 0 bridgehead atoms. The van der Waals surface area contributed by atoms with Gasteiger partial charge in [0.15, 0.2) is 0 Å². The molecule has 1 atom stereocenters. The number of aliphatic hydroxyl groups excluding tert-OH is 1. The summed E-state index contributed by atoms with van der Waals surface area (Å²) in [6.07, 6.45) is 3.39. The molecule has 0 aliphatic rings. The van der Waals surface area contributed by atoms with Gasteiger partial charge in [-0.15, -0.1) is 0 Å². The van der Waals surface area contributed by atoms with E-state index in [1.165, 1.54) is 0 Å². The first-order valence-electron chi connectivity index (χ1n) is 5.93. The standard InChI is InChI=1S/C13H16BrN3O/c1-3-17-11(13(14)9(2)16-17)8-12(18)10-4-6-15-7-5-10/h4-7,12,18H,3,8H2,1-2H3. The van der Waals surface area contributed by atoms with Gasteiger partial charge in [-0.3, -0.25) is 9.67 Å². The van der Waals surface area contributed by atoms with Crippen molar-refractivity contribution in [3.63, 3.8) is 0 Å². The Kier molecular flexibility index (Phi) is 4.14. The average Bonchev–Trinajstić information content (AvgIpc) is 2.67. The van der Waals surface area contributed by atoms with Crippen molar-refractivity contribution >= 4 is 15.9 Å². The molecule has 0 saturated carbocycles. The van der Waals surface area contributed by atoms with Crippen LogP contribution in [0.3, 0.4) is 0 Å². The third kappa shape index (κ3) is 2.62. The Labute approximate surface area is 115 Å². The number of hydrogen-bond donors (Lipinski definition) is 1. The monoisotopic (exact) mass is 309 g/mol. The molecule has 2 aromatic heterocycles. The maximum absolute atomic E-state index is 10.2. The van der Waals surface area contributed by atoms with Crippen LogP contribution in [0.1, 0.15) is 30.0 Å². The fourth-order valence-corrected chi connectivity index (χ4v) is 2.40. The summed E-state index contributed by atoms with van der Waals surface area (Å²) >= 11 is 3.54. The Hall–Kier alpha value is -1.20. The SMILES string of the molecule is CCn1nc(C)c(Br)c1CC(O)c1ccncc1. The Balaban J connectivity index is 2.24. The average molecular weight is 310 g/mol. The van der Waals surface area contributed by atoms with Crippen LogP contribution in [-0.2, 0) is 13.0 Å². The van der Waals surface area contributed by atoms with Crippen molar-refractivity contribution in [2.75, 3.05) is 0 Å². The van der Waals surface area contributed by atoms with Crippen LogP contribution >= 0.6 is 15.9 Å². The van der Waals surface area contributed by atoms with Crippen molar-refractivity contribution in [1.29, 1.82) is 0 Å². The molecule has 18 heavy (non-hydrogen) atoms. The van der Waals surface area contributed by atoms with Crippen molar-refractivity contribution in [1.82, 2.24) is 14.8 Å². The van der Waals surface area contributed by atoms with E-state index in [0.29, 0.717) is 6.42 Å². The van der Waals surface area contributed by atoms with Crippen LogP contribution in [0.15, 0.2) is 29.0 Å². The largest absolute Gasteiger partial charge is 0.388 e. The van der Waals surface area contributed by atoms with Crippen LogP contribution in [-0.4, -0.2) is 19.9 Å². The molecule has 2 rings (SSSR count). The number of halogens is 1. The van der Waals surface area contributed by atoms with Gasteiger partial charge in [-0.2, -0.15) is 5.10 Å². The van der Waals surface area contributed by atoms with Gasteiger partial charge >= 0.3 is 0 Å². The maximum atomic E-state index is 10.2. The molecule has 0 radical (unpaired) electrons. The second-order valence-electron chi connectivity index (χ2n) is 4.16. The first kappa shape index (κ1) is 13.2. The second kappa shape index (κ2) is 5.63. The second-order valence-corrected chi connectivity index (χ2v) is 4.96. The smallest absolute Gasteiger partial charge is 0.0846 e. The highest BCUT2D eigenvalue weighted by molar-refractivity contribution is 9.10. The number of pyridine rings is 1. The van der Waals surface area contributed by atoms with Crippen LogP contribution in [0.4, 0.5) is 0 Å². The number of hydrogen-bond acceptors (Lipinski definition) is 3. The third-order valence-corrected chi connectivity index (χ3v) is 3.96. The molecule has 0 spiro atoms. The molecule has 0 amide bonds. The maximum Gasteiger partial charge on any atom is 0.0846 e. The molecule has 0 fully saturated rings. The fraction of sp³-hybridized carbons (Fsp3) is 0.385. The van der Waals surface area contributed by atoms with Crippen LogP contribution in [0.5, 0.6) is 0 Å². The molecule has 96 valence electrons. The highest BCUT2D eigenvalue weighted by Gasteiger charge is 2.17. The Morgan fingerprint density at radius 1 is 1.39 bits per heavy atom. The van der Waals surface area contributed by atoms with E-state index in [4.69, 9.17) is 0 Å². The minimum atomic E-state index is -0.536. The van der Waals surface area contributed by atoms with Gasteiger partial charge in [0.25, 0.3) is 0 Å². The van der Waals surface area contributed by atoms with Gasteiger partial charge in [-0.25, -0.2) is 0 Å². The fourth-order valence-electron chi connectivity index (χ4n) is 1.95. The normalized spacial score (nSPS) is 12.7. The minimum absolute atomic E-state index is 0.536. The molecule has 1 N–H and O–H groups in total. The number of nitrogens with zero attached hydrogens (tertiary/aromatic N) is 3. The first-order chi connectivity index (χ1) is 8.63. The van der Waals surface area contributed by atoms with Crippen LogP contribution < -0.4 is 0 Å². The zero-order chi connectivity index (χ0) is 13.1.